The number of aromatic nitrogens is 4. The number of hydrogen-bond donors (Lipinski definition) is 0. The van der Waals surface area contributed by atoms with E-state index in [1.54, 1.807) is 6.33 Å². The maximum Gasteiger partial charge on any atom is 0.143 e. The second-order valence-electron chi connectivity index (χ2n) is 9.62. The highest BCUT2D eigenvalue weighted by Crippen LogP contribution is 2.39. The minimum Gasteiger partial charge on any atom is -0.455 e. The van der Waals surface area contributed by atoms with Gasteiger partial charge in [-0.25, -0.2) is 15.0 Å². The van der Waals surface area contributed by atoms with E-state index in [0.29, 0.717) is 0 Å². The van der Waals surface area contributed by atoms with Gasteiger partial charge in [0.1, 0.15) is 17.5 Å². The van der Waals surface area contributed by atoms with Gasteiger partial charge in [0, 0.05) is 56.8 Å². The highest BCUT2D eigenvalue weighted by atomic mass is 16.3. The van der Waals surface area contributed by atoms with Gasteiger partial charge in [-0.05, 0) is 47.5 Å². The van der Waals surface area contributed by atoms with E-state index in [0.717, 1.165) is 77.3 Å². The fraction of sp³-hybridized carbons (Fsp3) is 0. The zero-order valence-electron chi connectivity index (χ0n) is 20.7. The standard InChI is InChI=1S/C34H20N4O/c1-2-9-31-28(6-1)29-8-3-7-27(34(29)39-31)24-15-23(26-18-35-20-36-19-26)16-25(17-24)30-13-12-22-11-10-21-5-4-14-37-32(21)33(22)38-30/h1-20H. The Kier molecular flexibility index (Phi) is 4.76. The Labute approximate surface area is 223 Å². The second-order valence-corrected chi connectivity index (χ2v) is 9.62. The molecule has 5 heteroatoms. The summed E-state index contributed by atoms with van der Waals surface area (Å²) in [5.41, 5.74) is 9.41. The van der Waals surface area contributed by atoms with E-state index in [-0.39, 0.29) is 0 Å². The van der Waals surface area contributed by atoms with Gasteiger partial charge in [0.05, 0.1) is 16.7 Å². The van der Waals surface area contributed by atoms with E-state index in [2.05, 4.69) is 87.7 Å². The summed E-state index contributed by atoms with van der Waals surface area (Å²) in [6, 6.07) is 33.4. The third kappa shape index (κ3) is 3.55. The lowest BCUT2D eigenvalue weighted by Crippen LogP contribution is -1.91. The summed E-state index contributed by atoms with van der Waals surface area (Å²) in [7, 11) is 0. The highest BCUT2D eigenvalue weighted by molar-refractivity contribution is 6.10. The predicted octanol–water partition coefficient (Wildman–Crippen LogP) is 8.47. The third-order valence-corrected chi connectivity index (χ3v) is 7.27. The first kappa shape index (κ1) is 21.6. The number of rotatable bonds is 3. The first-order valence-electron chi connectivity index (χ1n) is 12.8. The summed E-state index contributed by atoms with van der Waals surface area (Å²) < 4.78 is 6.39. The predicted molar refractivity (Wildman–Crippen MR) is 156 cm³/mol. The molecule has 5 nitrogen and oxygen atoms in total. The third-order valence-electron chi connectivity index (χ3n) is 7.27. The summed E-state index contributed by atoms with van der Waals surface area (Å²) in [5.74, 6) is 0. The topological polar surface area (TPSA) is 64.7 Å². The van der Waals surface area contributed by atoms with Gasteiger partial charge in [0.2, 0.25) is 0 Å². The van der Waals surface area contributed by atoms with Gasteiger partial charge >= 0.3 is 0 Å². The molecule has 0 unspecified atom stereocenters. The van der Waals surface area contributed by atoms with Crippen LogP contribution in [0.5, 0.6) is 0 Å². The zero-order chi connectivity index (χ0) is 25.8. The molecular formula is C34H20N4O. The summed E-state index contributed by atoms with van der Waals surface area (Å²) in [4.78, 5) is 18.3. The van der Waals surface area contributed by atoms with E-state index in [1.165, 1.54) is 0 Å². The molecule has 0 spiro atoms. The number of nitrogens with zero attached hydrogens (tertiary/aromatic N) is 4. The highest BCUT2D eigenvalue weighted by Gasteiger charge is 2.15. The molecular weight excluding hydrogens is 480 g/mol. The quantitative estimate of drug-likeness (QED) is 0.228. The second kappa shape index (κ2) is 8.57. The molecule has 4 heterocycles. The molecule has 0 amide bonds. The van der Waals surface area contributed by atoms with E-state index in [4.69, 9.17) is 9.40 Å². The lowest BCUT2D eigenvalue weighted by Gasteiger charge is -2.12. The normalized spacial score (nSPS) is 11.6. The van der Waals surface area contributed by atoms with Gasteiger partial charge in [-0.3, -0.25) is 4.98 Å². The van der Waals surface area contributed by atoms with Crippen molar-refractivity contribution in [1.82, 2.24) is 19.9 Å². The monoisotopic (exact) mass is 500 g/mol. The molecule has 0 aliphatic rings. The molecule has 182 valence electrons. The minimum absolute atomic E-state index is 0.868. The molecule has 0 saturated heterocycles. The minimum atomic E-state index is 0.868. The number of hydrogen-bond acceptors (Lipinski definition) is 5. The number of para-hydroxylation sites is 2. The summed E-state index contributed by atoms with van der Waals surface area (Å²) >= 11 is 0. The van der Waals surface area contributed by atoms with Crippen molar-refractivity contribution in [1.29, 1.82) is 0 Å². The van der Waals surface area contributed by atoms with Crippen molar-refractivity contribution in [2.45, 2.75) is 0 Å². The van der Waals surface area contributed by atoms with Crippen LogP contribution in [0.4, 0.5) is 0 Å². The van der Waals surface area contributed by atoms with Crippen LogP contribution in [0.2, 0.25) is 0 Å². The van der Waals surface area contributed by atoms with Crippen LogP contribution < -0.4 is 0 Å². The average molecular weight is 501 g/mol. The molecule has 0 aliphatic heterocycles. The molecule has 4 aromatic carbocycles. The molecule has 0 atom stereocenters. The van der Waals surface area contributed by atoms with Crippen LogP contribution in [-0.2, 0) is 0 Å². The van der Waals surface area contributed by atoms with E-state index in [9.17, 15) is 0 Å². The van der Waals surface area contributed by atoms with Gasteiger partial charge in [0.25, 0.3) is 0 Å². The molecule has 0 N–H and O–H groups in total. The van der Waals surface area contributed by atoms with Crippen LogP contribution in [0.3, 0.4) is 0 Å². The van der Waals surface area contributed by atoms with Crippen LogP contribution in [-0.4, -0.2) is 19.9 Å². The van der Waals surface area contributed by atoms with Crippen molar-refractivity contribution in [3.63, 3.8) is 0 Å². The molecule has 0 aliphatic carbocycles. The molecule has 0 fully saturated rings. The Morgan fingerprint density at radius 2 is 1.33 bits per heavy atom. The van der Waals surface area contributed by atoms with Gasteiger partial charge < -0.3 is 4.42 Å². The number of fused-ring (bicyclic) bond motifs is 6. The van der Waals surface area contributed by atoms with Gasteiger partial charge in [-0.1, -0.05) is 60.7 Å². The summed E-state index contributed by atoms with van der Waals surface area (Å²) in [6.07, 6.45) is 7.04. The average Bonchev–Trinajstić information content (AvgIpc) is 3.40. The summed E-state index contributed by atoms with van der Waals surface area (Å²) in [5, 5.41) is 4.34. The van der Waals surface area contributed by atoms with Crippen LogP contribution in [0.15, 0.2) is 126 Å². The van der Waals surface area contributed by atoms with Crippen molar-refractivity contribution in [3.05, 3.63) is 122 Å². The molecule has 39 heavy (non-hydrogen) atoms. The largest absolute Gasteiger partial charge is 0.455 e. The number of benzene rings is 4. The Morgan fingerprint density at radius 3 is 2.26 bits per heavy atom. The molecule has 8 aromatic rings. The molecule has 4 aromatic heterocycles. The Hall–Kier alpha value is -5.42. The van der Waals surface area contributed by atoms with Crippen LogP contribution in [0.25, 0.3) is 77.3 Å². The number of furan rings is 1. The summed E-state index contributed by atoms with van der Waals surface area (Å²) in [6.45, 7) is 0. The van der Waals surface area contributed by atoms with Gasteiger partial charge in [0.15, 0.2) is 0 Å². The van der Waals surface area contributed by atoms with Gasteiger partial charge in [-0.2, -0.15) is 0 Å². The first-order chi connectivity index (χ1) is 19.3. The SMILES string of the molecule is c1cnc2c(c1)ccc1ccc(-c3cc(-c4cncnc4)cc(-c4cccc5c4oc4ccccc45)c3)nc12. The Bertz CT molecular complexity index is 2180. The van der Waals surface area contributed by atoms with E-state index in [1.807, 2.05) is 42.9 Å². The van der Waals surface area contributed by atoms with Crippen molar-refractivity contribution in [2.24, 2.45) is 0 Å². The smallest absolute Gasteiger partial charge is 0.143 e. The molecule has 8 rings (SSSR count). The van der Waals surface area contributed by atoms with Crippen LogP contribution in [0.1, 0.15) is 0 Å². The Morgan fingerprint density at radius 1 is 0.564 bits per heavy atom. The lowest BCUT2D eigenvalue weighted by atomic mass is 9.94. The maximum atomic E-state index is 6.39. The number of pyridine rings is 2. The molecule has 0 bridgehead atoms. The lowest BCUT2D eigenvalue weighted by molar-refractivity contribution is 0.670. The van der Waals surface area contributed by atoms with Crippen LogP contribution >= 0.6 is 0 Å². The maximum absolute atomic E-state index is 6.39. The van der Waals surface area contributed by atoms with Crippen molar-refractivity contribution >= 4 is 43.7 Å². The zero-order valence-corrected chi connectivity index (χ0v) is 20.7. The first-order valence-corrected chi connectivity index (χ1v) is 12.8. The van der Waals surface area contributed by atoms with Crippen molar-refractivity contribution in [3.8, 4) is 33.5 Å². The Balaban J connectivity index is 1.39. The van der Waals surface area contributed by atoms with Gasteiger partial charge in [-0.15, -0.1) is 0 Å². The van der Waals surface area contributed by atoms with Crippen molar-refractivity contribution < 1.29 is 4.42 Å². The van der Waals surface area contributed by atoms with E-state index < -0.39 is 0 Å². The molecule has 0 saturated carbocycles. The van der Waals surface area contributed by atoms with Crippen molar-refractivity contribution in [2.75, 3.05) is 0 Å². The van der Waals surface area contributed by atoms with E-state index >= 15 is 0 Å². The fourth-order valence-corrected chi connectivity index (χ4v) is 5.40. The molecule has 0 radical (unpaired) electrons. The van der Waals surface area contributed by atoms with Crippen LogP contribution in [0, 0.1) is 0 Å². The fourth-order valence-electron chi connectivity index (χ4n) is 5.40.